The molecule has 3 rings (SSSR count). The van der Waals surface area contributed by atoms with Crippen LogP contribution in [0.15, 0.2) is 24.3 Å². The average molecular weight is 358 g/mol. The van der Waals surface area contributed by atoms with E-state index in [1.807, 2.05) is 11.9 Å². The molecule has 26 heavy (non-hydrogen) atoms. The molecule has 2 saturated heterocycles. The third kappa shape index (κ3) is 4.12. The molecule has 0 bridgehead atoms. The standard InChI is InChI=1S/C22H35N3O/c1-21(2,3)19-8-6-18(7-9-19)16-25-15-14-24(5)22(17-25)11-10-20(26)23(4)13-12-22/h6-9H,10-17H2,1-5H3/t22-/m0/s1. The minimum Gasteiger partial charge on any atom is -0.346 e. The molecule has 4 nitrogen and oxygen atoms in total. The lowest BCUT2D eigenvalue weighted by Crippen LogP contribution is -2.60. The van der Waals surface area contributed by atoms with E-state index in [0.29, 0.717) is 12.3 Å². The van der Waals surface area contributed by atoms with Gasteiger partial charge < -0.3 is 4.90 Å². The predicted molar refractivity (Wildman–Crippen MR) is 107 cm³/mol. The van der Waals surface area contributed by atoms with E-state index in [1.54, 1.807) is 0 Å². The summed E-state index contributed by atoms with van der Waals surface area (Å²) in [5.41, 5.74) is 3.13. The largest absolute Gasteiger partial charge is 0.346 e. The first-order valence-corrected chi connectivity index (χ1v) is 9.97. The molecule has 1 atom stereocenters. The molecule has 2 fully saturated rings. The van der Waals surface area contributed by atoms with Gasteiger partial charge in [0.15, 0.2) is 0 Å². The Balaban J connectivity index is 1.69. The number of likely N-dealkylation sites (N-methyl/N-ethyl adjacent to an activating group) is 1. The number of benzene rings is 1. The second-order valence-electron chi connectivity index (χ2n) is 9.37. The number of rotatable bonds is 2. The molecule has 4 heteroatoms. The molecule has 0 aromatic heterocycles. The van der Waals surface area contributed by atoms with Crippen LogP contribution in [0.5, 0.6) is 0 Å². The average Bonchev–Trinajstić information content (AvgIpc) is 2.73. The highest BCUT2D eigenvalue weighted by Crippen LogP contribution is 2.32. The molecule has 1 aromatic rings. The van der Waals surface area contributed by atoms with Crippen LogP contribution < -0.4 is 0 Å². The van der Waals surface area contributed by atoms with E-state index in [9.17, 15) is 4.79 Å². The highest BCUT2D eigenvalue weighted by molar-refractivity contribution is 5.76. The number of hydrogen-bond acceptors (Lipinski definition) is 3. The SMILES string of the molecule is CN1CC[C@@]2(CCC1=O)CN(Cc1ccc(C(C)(C)C)cc1)CCN2C. The van der Waals surface area contributed by atoms with Crippen molar-refractivity contribution in [3.63, 3.8) is 0 Å². The molecule has 0 saturated carbocycles. The Hall–Kier alpha value is -1.39. The molecular weight excluding hydrogens is 322 g/mol. The minimum atomic E-state index is 0.143. The Kier molecular flexibility index (Phi) is 5.45. The molecule has 0 unspecified atom stereocenters. The molecule has 1 aromatic carbocycles. The summed E-state index contributed by atoms with van der Waals surface area (Å²) in [4.78, 5) is 19.1. The molecule has 1 amide bonds. The Morgan fingerprint density at radius 1 is 1.00 bits per heavy atom. The van der Waals surface area contributed by atoms with Gasteiger partial charge in [0, 0.05) is 51.7 Å². The maximum Gasteiger partial charge on any atom is 0.222 e. The van der Waals surface area contributed by atoms with Crippen LogP contribution >= 0.6 is 0 Å². The van der Waals surface area contributed by atoms with Crippen molar-refractivity contribution in [1.29, 1.82) is 0 Å². The number of hydrogen-bond donors (Lipinski definition) is 0. The molecule has 2 aliphatic heterocycles. The zero-order valence-electron chi connectivity index (χ0n) is 17.2. The van der Waals surface area contributed by atoms with Crippen LogP contribution in [-0.4, -0.2) is 66.4 Å². The highest BCUT2D eigenvalue weighted by Gasteiger charge is 2.41. The number of likely N-dealkylation sites (tertiary alicyclic amines) is 1. The first-order valence-electron chi connectivity index (χ1n) is 9.97. The fraction of sp³-hybridized carbons (Fsp3) is 0.682. The zero-order chi connectivity index (χ0) is 18.9. The molecule has 0 aliphatic carbocycles. The topological polar surface area (TPSA) is 26.8 Å². The van der Waals surface area contributed by atoms with Gasteiger partial charge in [-0.05, 0) is 36.4 Å². The number of nitrogens with zero attached hydrogens (tertiary/aromatic N) is 3. The summed E-state index contributed by atoms with van der Waals surface area (Å²) in [5.74, 6) is 0.296. The third-order valence-electron chi connectivity index (χ3n) is 6.45. The molecule has 0 radical (unpaired) electrons. The summed E-state index contributed by atoms with van der Waals surface area (Å²) in [7, 11) is 4.18. The molecular formula is C22H35N3O. The summed E-state index contributed by atoms with van der Waals surface area (Å²) >= 11 is 0. The fourth-order valence-corrected chi connectivity index (χ4v) is 4.34. The Morgan fingerprint density at radius 2 is 1.69 bits per heavy atom. The second kappa shape index (κ2) is 7.32. The number of carbonyl (C=O) groups is 1. The number of carbonyl (C=O) groups excluding carboxylic acids is 1. The van der Waals surface area contributed by atoms with E-state index in [-0.39, 0.29) is 11.0 Å². The van der Waals surface area contributed by atoms with E-state index < -0.39 is 0 Å². The van der Waals surface area contributed by atoms with Gasteiger partial charge in [-0.3, -0.25) is 14.6 Å². The Bertz CT molecular complexity index is 634. The van der Waals surface area contributed by atoms with Crippen molar-refractivity contribution in [2.24, 2.45) is 0 Å². The summed E-state index contributed by atoms with van der Waals surface area (Å²) in [6, 6.07) is 9.13. The zero-order valence-corrected chi connectivity index (χ0v) is 17.2. The summed E-state index contributed by atoms with van der Waals surface area (Å²) < 4.78 is 0. The van der Waals surface area contributed by atoms with Crippen LogP contribution in [0.25, 0.3) is 0 Å². The predicted octanol–water partition coefficient (Wildman–Crippen LogP) is 3.11. The first kappa shape index (κ1) is 19.4. The lowest BCUT2D eigenvalue weighted by Gasteiger charge is -2.49. The molecule has 2 aliphatic rings. The Labute approximate surface area is 159 Å². The van der Waals surface area contributed by atoms with Crippen molar-refractivity contribution in [2.75, 3.05) is 40.3 Å². The van der Waals surface area contributed by atoms with Crippen molar-refractivity contribution in [3.8, 4) is 0 Å². The fourth-order valence-electron chi connectivity index (χ4n) is 4.34. The van der Waals surface area contributed by atoms with Gasteiger partial charge in [0.2, 0.25) is 5.91 Å². The van der Waals surface area contributed by atoms with Gasteiger partial charge in [0.1, 0.15) is 0 Å². The minimum absolute atomic E-state index is 0.143. The first-order chi connectivity index (χ1) is 12.2. The normalized spacial score (nSPS) is 26.3. The van der Waals surface area contributed by atoms with Crippen molar-refractivity contribution < 1.29 is 4.79 Å². The maximum atomic E-state index is 12.1. The van der Waals surface area contributed by atoms with Crippen LogP contribution in [0.3, 0.4) is 0 Å². The molecule has 144 valence electrons. The van der Waals surface area contributed by atoms with Crippen molar-refractivity contribution in [2.45, 2.75) is 57.5 Å². The van der Waals surface area contributed by atoms with Crippen LogP contribution in [0, 0.1) is 0 Å². The Morgan fingerprint density at radius 3 is 2.35 bits per heavy atom. The van der Waals surface area contributed by atoms with E-state index in [4.69, 9.17) is 0 Å². The smallest absolute Gasteiger partial charge is 0.222 e. The van der Waals surface area contributed by atoms with E-state index in [1.165, 1.54) is 11.1 Å². The summed E-state index contributed by atoms with van der Waals surface area (Å²) in [6.45, 7) is 11.9. The quantitative estimate of drug-likeness (QED) is 0.814. The van der Waals surface area contributed by atoms with Crippen LogP contribution in [0.2, 0.25) is 0 Å². The number of amides is 1. The van der Waals surface area contributed by atoms with Gasteiger partial charge in [0.25, 0.3) is 0 Å². The van der Waals surface area contributed by atoms with Gasteiger partial charge in [-0.2, -0.15) is 0 Å². The lowest BCUT2D eigenvalue weighted by molar-refractivity contribution is -0.129. The van der Waals surface area contributed by atoms with Gasteiger partial charge in [0.05, 0.1) is 0 Å². The maximum absolute atomic E-state index is 12.1. The molecule has 1 spiro atoms. The van der Waals surface area contributed by atoms with Crippen molar-refractivity contribution in [1.82, 2.24) is 14.7 Å². The molecule has 2 heterocycles. The van der Waals surface area contributed by atoms with E-state index in [0.717, 1.165) is 45.6 Å². The van der Waals surface area contributed by atoms with Crippen molar-refractivity contribution >= 4 is 5.91 Å². The van der Waals surface area contributed by atoms with Gasteiger partial charge in [-0.1, -0.05) is 45.0 Å². The van der Waals surface area contributed by atoms with Crippen LogP contribution in [-0.2, 0) is 16.8 Å². The van der Waals surface area contributed by atoms with Crippen LogP contribution in [0.1, 0.15) is 51.2 Å². The van der Waals surface area contributed by atoms with Gasteiger partial charge in [-0.25, -0.2) is 0 Å². The number of piperazine rings is 1. The second-order valence-corrected chi connectivity index (χ2v) is 9.37. The van der Waals surface area contributed by atoms with E-state index in [2.05, 4.69) is 61.9 Å². The van der Waals surface area contributed by atoms with Gasteiger partial charge >= 0.3 is 0 Å². The molecule has 0 N–H and O–H groups in total. The van der Waals surface area contributed by atoms with E-state index >= 15 is 0 Å². The van der Waals surface area contributed by atoms with Crippen molar-refractivity contribution in [3.05, 3.63) is 35.4 Å². The van der Waals surface area contributed by atoms with Gasteiger partial charge in [-0.15, -0.1) is 0 Å². The highest BCUT2D eigenvalue weighted by atomic mass is 16.2. The van der Waals surface area contributed by atoms with Crippen LogP contribution in [0.4, 0.5) is 0 Å². The third-order valence-corrected chi connectivity index (χ3v) is 6.45. The lowest BCUT2D eigenvalue weighted by atomic mass is 9.85. The summed E-state index contributed by atoms with van der Waals surface area (Å²) in [5, 5.41) is 0. The summed E-state index contributed by atoms with van der Waals surface area (Å²) in [6.07, 6.45) is 2.73. The monoisotopic (exact) mass is 357 g/mol.